The molecule has 0 heterocycles. The first-order valence-corrected chi connectivity index (χ1v) is 13.5. The lowest BCUT2D eigenvalue weighted by Crippen LogP contribution is -2.25. The van der Waals surface area contributed by atoms with E-state index >= 15 is 4.39 Å². The molecule has 0 amide bonds. The summed E-state index contributed by atoms with van der Waals surface area (Å²) in [5.74, 6) is 3.79. The molecule has 0 aromatic heterocycles. The second-order valence-corrected chi connectivity index (χ2v) is 10.7. The van der Waals surface area contributed by atoms with Gasteiger partial charge in [0.05, 0.1) is 0 Å². The molecule has 2 saturated carbocycles. The zero-order valence-electron chi connectivity index (χ0n) is 20.4. The maximum absolute atomic E-state index is 15.2. The molecule has 2 fully saturated rings. The highest BCUT2D eigenvalue weighted by molar-refractivity contribution is 5.84. The number of rotatable bonds is 8. The van der Waals surface area contributed by atoms with E-state index in [1.54, 1.807) is 0 Å². The van der Waals surface area contributed by atoms with Crippen molar-refractivity contribution in [2.75, 3.05) is 0 Å². The largest absolute Gasteiger partial charge is 0.206 e. The third kappa shape index (κ3) is 5.83. The van der Waals surface area contributed by atoms with Gasteiger partial charge in [0, 0.05) is 5.39 Å². The third-order valence-electron chi connectivity index (χ3n) is 8.78. The Bertz CT molecular complexity index is 879. The van der Waals surface area contributed by atoms with Crippen molar-refractivity contribution in [1.82, 2.24) is 0 Å². The summed E-state index contributed by atoms with van der Waals surface area (Å²) in [7, 11) is 0. The Balaban J connectivity index is 1.28. The minimum absolute atomic E-state index is 0.0175. The molecule has 2 aliphatic rings. The monoisotopic (exact) mass is 434 g/mol. The van der Waals surface area contributed by atoms with Crippen molar-refractivity contribution in [2.45, 2.75) is 97.3 Å². The fraction of sp³-hybridized carbons (Fsp3) is 0.613. The molecule has 0 bridgehead atoms. The van der Waals surface area contributed by atoms with Crippen molar-refractivity contribution in [3.63, 3.8) is 0 Å². The standard InChI is InChI=1S/C31H43F/c1-3-5-6-7-25-13-21-30-29(22-25)20-19-28(31(30)32)18-12-24-10-16-27(17-11-24)26-14-8-23(4-2)9-15-26/h3,5,13,19-24,26-27H,4,6-12,14-18H2,1-2H3/b5-3+. The van der Waals surface area contributed by atoms with E-state index in [-0.39, 0.29) is 5.82 Å². The summed E-state index contributed by atoms with van der Waals surface area (Å²) in [6, 6.07) is 10.5. The SMILES string of the molecule is C/C=C/CCc1ccc2c(F)c(CCC3CCC(C4CCC(CC)CC4)CC3)ccc2c1. The fourth-order valence-corrected chi connectivity index (χ4v) is 6.53. The summed E-state index contributed by atoms with van der Waals surface area (Å²) in [6.45, 7) is 4.42. The van der Waals surface area contributed by atoms with E-state index in [9.17, 15) is 0 Å². The van der Waals surface area contributed by atoms with Gasteiger partial charge in [-0.25, -0.2) is 4.39 Å². The quantitative estimate of drug-likeness (QED) is 0.363. The van der Waals surface area contributed by atoms with Crippen LogP contribution in [0.1, 0.15) is 95.6 Å². The van der Waals surface area contributed by atoms with Gasteiger partial charge in [0.15, 0.2) is 0 Å². The highest BCUT2D eigenvalue weighted by Crippen LogP contribution is 2.42. The molecule has 0 nitrogen and oxygen atoms in total. The number of hydrogen-bond acceptors (Lipinski definition) is 0. The van der Waals surface area contributed by atoms with Crippen molar-refractivity contribution in [1.29, 1.82) is 0 Å². The highest BCUT2D eigenvalue weighted by atomic mass is 19.1. The number of aryl methyl sites for hydroxylation is 2. The van der Waals surface area contributed by atoms with E-state index in [0.29, 0.717) is 0 Å². The van der Waals surface area contributed by atoms with Crippen molar-refractivity contribution in [3.05, 3.63) is 59.4 Å². The van der Waals surface area contributed by atoms with Gasteiger partial charge in [0.2, 0.25) is 0 Å². The first-order chi connectivity index (χ1) is 15.7. The minimum atomic E-state index is 0.0175. The molecule has 2 aromatic rings. The maximum atomic E-state index is 15.2. The molecule has 0 unspecified atom stereocenters. The van der Waals surface area contributed by atoms with E-state index in [2.05, 4.69) is 44.2 Å². The summed E-state index contributed by atoms with van der Waals surface area (Å²) in [5, 5.41) is 1.84. The summed E-state index contributed by atoms with van der Waals surface area (Å²) in [6.07, 6.45) is 21.2. The number of benzene rings is 2. The van der Waals surface area contributed by atoms with E-state index in [1.807, 2.05) is 12.1 Å². The van der Waals surface area contributed by atoms with Crippen LogP contribution in [0.25, 0.3) is 10.8 Å². The fourth-order valence-electron chi connectivity index (χ4n) is 6.53. The predicted molar refractivity (Wildman–Crippen MR) is 137 cm³/mol. The van der Waals surface area contributed by atoms with E-state index in [4.69, 9.17) is 0 Å². The summed E-state index contributed by atoms with van der Waals surface area (Å²) in [5.41, 5.74) is 2.21. The number of fused-ring (bicyclic) bond motifs is 1. The molecule has 1 heteroatoms. The summed E-state index contributed by atoms with van der Waals surface area (Å²) < 4.78 is 15.2. The Morgan fingerprint density at radius 1 is 0.844 bits per heavy atom. The predicted octanol–water partition coefficient (Wildman–Crippen LogP) is 9.44. The Morgan fingerprint density at radius 2 is 1.53 bits per heavy atom. The molecule has 0 radical (unpaired) electrons. The van der Waals surface area contributed by atoms with Crippen LogP contribution in [0.3, 0.4) is 0 Å². The molecule has 0 spiro atoms. The molecule has 174 valence electrons. The smallest absolute Gasteiger partial charge is 0.134 e. The van der Waals surface area contributed by atoms with Crippen LogP contribution in [-0.2, 0) is 12.8 Å². The molecule has 2 aromatic carbocycles. The van der Waals surface area contributed by atoms with Gasteiger partial charge in [-0.2, -0.15) is 0 Å². The first kappa shape index (κ1) is 23.5. The van der Waals surface area contributed by atoms with Crippen LogP contribution in [0, 0.1) is 29.5 Å². The lowest BCUT2D eigenvalue weighted by Gasteiger charge is -2.37. The molecular formula is C31H43F. The summed E-state index contributed by atoms with van der Waals surface area (Å²) in [4.78, 5) is 0. The second kappa shape index (κ2) is 11.5. The topological polar surface area (TPSA) is 0 Å². The van der Waals surface area contributed by atoms with E-state index < -0.39 is 0 Å². The lowest BCUT2D eigenvalue weighted by molar-refractivity contribution is 0.142. The Labute approximate surface area is 195 Å². The van der Waals surface area contributed by atoms with Crippen LogP contribution < -0.4 is 0 Å². The van der Waals surface area contributed by atoms with Gasteiger partial charge in [-0.3, -0.25) is 0 Å². The van der Waals surface area contributed by atoms with Gasteiger partial charge in [-0.1, -0.05) is 81.5 Å². The van der Waals surface area contributed by atoms with Crippen molar-refractivity contribution < 1.29 is 4.39 Å². The van der Waals surface area contributed by atoms with Crippen molar-refractivity contribution in [3.8, 4) is 0 Å². The molecule has 0 saturated heterocycles. The second-order valence-electron chi connectivity index (χ2n) is 10.7. The van der Waals surface area contributed by atoms with E-state index in [1.165, 1.54) is 63.4 Å². The minimum Gasteiger partial charge on any atom is -0.206 e. The Morgan fingerprint density at radius 3 is 2.19 bits per heavy atom. The molecule has 4 rings (SSSR count). The van der Waals surface area contributed by atoms with Gasteiger partial charge in [0.1, 0.15) is 5.82 Å². The van der Waals surface area contributed by atoms with Gasteiger partial charge in [0.25, 0.3) is 0 Å². The van der Waals surface area contributed by atoms with Gasteiger partial charge < -0.3 is 0 Å². The van der Waals surface area contributed by atoms with Crippen LogP contribution in [0.4, 0.5) is 4.39 Å². The molecule has 0 N–H and O–H groups in total. The van der Waals surface area contributed by atoms with Crippen molar-refractivity contribution in [2.24, 2.45) is 23.7 Å². The lowest BCUT2D eigenvalue weighted by atomic mass is 9.68. The average molecular weight is 435 g/mol. The van der Waals surface area contributed by atoms with Crippen molar-refractivity contribution >= 4 is 10.8 Å². The first-order valence-electron chi connectivity index (χ1n) is 13.5. The number of halogens is 1. The Hall–Kier alpha value is -1.63. The van der Waals surface area contributed by atoms with Crippen LogP contribution in [0.2, 0.25) is 0 Å². The molecule has 0 aliphatic heterocycles. The summed E-state index contributed by atoms with van der Waals surface area (Å²) >= 11 is 0. The van der Waals surface area contributed by atoms with E-state index in [0.717, 1.165) is 65.7 Å². The molecule has 2 aliphatic carbocycles. The zero-order valence-corrected chi connectivity index (χ0v) is 20.4. The number of hydrogen-bond donors (Lipinski definition) is 0. The molecule has 0 atom stereocenters. The normalized spacial score (nSPS) is 26.7. The van der Waals surface area contributed by atoms with Gasteiger partial charge in [-0.15, -0.1) is 0 Å². The third-order valence-corrected chi connectivity index (χ3v) is 8.78. The molecule has 32 heavy (non-hydrogen) atoms. The van der Waals surface area contributed by atoms with Crippen LogP contribution in [-0.4, -0.2) is 0 Å². The Kier molecular flexibility index (Phi) is 8.44. The average Bonchev–Trinajstić information content (AvgIpc) is 2.84. The number of allylic oxidation sites excluding steroid dienone is 2. The zero-order chi connectivity index (χ0) is 22.3. The maximum Gasteiger partial charge on any atom is 0.134 e. The molecular weight excluding hydrogens is 391 g/mol. The van der Waals surface area contributed by atoms with Crippen LogP contribution >= 0.6 is 0 Å². The van der Waals surface area contributed by atoms with Crippen LogP contribution in [0.5, 0.6) is 0 Å². The highest BCUT2D eigenvalue weighted by Gasteiger charge is 2.30. The van der Waals surface area contributed by atoms with Crippen LogP contribution in [0.15, 0.2) is 42.5 Å². The van der Waals surface area contributed by atoms with Gasteiger partial charge >= 0.3 is 0 Å². The van der Waals surface area contributed by atoms with Gasteiger partial charge in [-0.05, 0) is 98.5 Å².